The normalized spacial score (nSPS) is 15.4. The summed E-state index contributed by atoms with van der Waals surface area (Å²) in [5.41, 5.74) is 10.7. The van der Waals surface area contributed by atoms with Crippen molar-refractivity contribution in [3.8, 4) is 11.1 Å². The SMILES string of the molecule is COC(=O)[C@@H]1C[C@@H](O)CN1Cc1ccc(C(=O)Nc2cccc(-c3cccc(NC(=O)c4ccc(CNCCNC(=O)CCCN)cn4)c3C)c2Cl)nc1. The minimum Gasteiger partial charge on any atom is -0.468 e. The molecule has 1 saturated heterocycles. The Morgan fingerprint density at radius 1 is 0.907 bits per heavy atom. The number of nitrogens with zero attached hydrogens (tertiary/aromatic N) is 3. The van der Waals surface area contributed by atoms with E-state index in [2.05, 4.69) is 31.2 Å². The molecule has 0 radical (unpaired) electrons. The highest BCUT2D eigenvalue weighted by atomic mass is 35.5. The quantitative estimate of drug-likeness (QED) is 0.0720. The highest BCUT2D eigenvalue weighted by Gasteiger charge is 2.36. The summed E-state index contributed by atoms with van der Waals surface area (Å²) in [7, 11) is 1.32. The lowest BCUT2D eigenvalue weighted by Gasteiger charge is -2.21. The number of rotatable bonds is 16. The second-order valence-corrected chi connectivity index (χ2v) is 13.3. The zero-order valence-electron chi connectivity index (χ0n) is 30.2. The fourth-order valence-electron chi connectivity index (χ4n) is 6.13. The molecule has 1 fully saturated rings. The Labute approximate surface area is 318 Å². The summed E-state index contributed by atoms with van der Waals surface area (Å²) in [6.07, 6.45) is 3.95. The van der Waals surface area contributed by atoms with Gasteiger partial charge in [0.25, 0.3) is 11.8 Å². The van der Waals surface area contributed by atoms with Crippen LogP contribution in [0.15, 0.2) is 73.1 Å². The van der Waals surface area contributed by atoms with E-state index in [1.807, 2.05) is 36.1 Å². The molecule has 4 aromatic rings. The van der Waals surface area contributed by atoms with Gasteiger partial charge in [-0.3, -0.25) is 34.0 Å². The number of halogens is 1. The summed E-state index contributed by atoms with van der Waals surface area (Å²) >= 11 is 6.86. The van der Waals surface area contributed by atoms with Gasteiger partial charge in [-0.05, 0) is 66.4 Å². The third-order valence-corrected chi connectivity index (χ3v) is 9.44. The Morgan fingerprint density at radius 3 is 2.20 bits per heavy atom. The van der Waals surface area contributed by atoms with E-state index in [9.17, 15) is 24.3 Å². The van der Waals surface area contributed by atoms with Crippen LogP contribution in [0.4, 0.5) is 11.4 Å². The topological polar surface area (TPSA) is 201 Å². The number of aromatic nitrogens is 2. The van der Waals surface area contributed by atoms with Crippen LogP contribution in [0.25, 0.3) is 11.1 Å². The lowest BCUT2D eigenvalue weighted by atomic mass is 9.98. The minimum absolute atomic E-state index is 0.0200. The molecule has 2 atom stereocenters. The average Bonchev–Trinajstić information content (AvgIpc) is 3.55. The van der Waals surface area contributed by atoms with Gasteiger partial charge in [0.1, 0.15) is 17.4 Å². The van der Waals surface area contributed by atoms with Gasteiger partial charge in [0.2, 0.25) is 5.91 Å². The smallest absolute Gasteiger partial charge is 0.323 e. The summed E-state index contributed by atoms with van der Waals surface area (Å²) in [5, 5.41) is 22.3. The highest BCUT2D eigenvalue weighted by molar-refractivity contribution is 6.36. The van der Waals surface area contributed by atoms with Gasteiger partial charge < -0.3 is 36.8 Å². The molecule has 1 aliphatic heterocycles. The van der Waals surface area contributed by atoms with Crippen molar-refractivity contribution in [3.05, 3.63) is 106 Å². The first kappa shape index (κ1) is 39.9. The fourth-order valence-corrected chi connectivity index (χ4v) is 6.41. The van der Waals surface area contributed by atoms with Crippen molar-refractivity contribution in [2.45, 2.75) is 51.4 Å². The van der Waals surface area contributed by atoms with Crippen LogP contribution in [0.2, 0.25) is 5.02 Å². The maximum Gasteiger partial charge on any atom is 0.323 e. The first-order valence-electron chi connectivity index (χ1n) is 17.7. The summed E-state index contributed by atoms with van der Waals surface area (Å²) in [6, 6.07) is 17.1. The summed E-state index contributed by atoms with van der Waals surface area (Å²) in [5.74, 6) is -1.25. The van der Waals surface area contributed by atoms with Crippen molar-refractivity contribution in [2.75, 3.05) is 43.9 Å². The van der Waals surface area contributed by atoms with Crippen molar-refractivity contribution in [1.29, 1.82) is 0 Å². The van der Waals surface area contributed by atoms with Gasteiger partial charge in [0, 0.05) is 69.2 Å². The molecule has 3 amide bonds. The number of hydrogen-bond donors (Lipinski definition) is 6. The van der Waals surface area contributed by atoms with E-state index in [0.717, 1.165) is 22.3 Å². The van der Waals surface area contributed by atoms with Crippen molar-refractivity contribution < 1.29 is 29.0 Å². The third kappa shape index (κ3) is 10.5. The molecule has 3 heterocycles. The van der Waals surface area contributed by atoms with Gasteiger partial charge in [0.15, 0.2) is 0 Å². The molecule has 0 saturated carbocycles. The molecule has 0 bridgehead atoms. The van der Waals surface area contributed by atoms with Crippen molar-refractivity contribution in [1.82, 2.24) is 25.5 Å². The van der Waals surface area contributed by atoms with Gasteiger partial charge in [0.05, 0.1) is 23.9 Å². The molecule has 2 aromatic heterocycles. The molecule has 7 N–H and O–H groups in total. The minimum atomic E-state index is -0.626. The number of aliphatic hydroxyl groups excluding tert-OH is 1. The molecule has 0 spiro atoms. The molecule has 15 heteroatoms. The number of nitrogens with one attached hydrogen (secondary N) is 4. The van der Waals surface area contributed by atoms with E-state index in [1.54, 1.807) is 48.8 Å². The highest BCUT2D eigenvalue weighted by Crippen LogP contribution is 2.37. The monoisotopic (exact) mass is 756 g/mol. The van der Waals surface area contributed by atoms with E-state index in [-0.39, 0.29) is 23.2 Å². The van der Waals surface area contributed by atoms with Gasteiger partial charge in [-0.2, -0.15) is 0 Å². The molecule has 5 rings (SSSR count). The van der Waals surface area contributed by atoms with Crippen LogP contribution in [0.3, 0.4) is 0 Å². The molecule has 14 nitrogen and oxygen atoms in total. The Hall–Kier alpha value is -5.25. The van der Waals surface area contributed by atoms with Gasteiger partial charge in [-0.25, -0.2) is 0 Å². The standard InChI is InChI=1S/C39H45ClN8O6/c1-24-28(6-3-8-30(24)46-37(51)32-13-11-25(20-44-32)19-42-16-17-43-35(50)10-5-15-41)29-7-4-9-31(36(29)40)47-38(52)33-14-12-26(21-45-33)22-48-23-27(49)18-34(48)39(53)54-2/h3-4,6-9,11-14,20-21,27,34,42,49H,5,10,15-19,22-23,41H2,1-2H3,(H,43,50)(H,46,51)(H,47,52)/t27-,34+/m1/s1. The van der Waals surface area contributed by atoms with Gasteiger partial charge in [-0.15, -0.1) is 0 Å². The Bertz CT molecular complexity index is 1940. The van der Waals surface area contributed by atoms with Crippen molar-refractivity contribution in [3.63, 3.8) is 0 Å². The Balaban J connectivity index is 1.18. The predicted molar refractivity (Wildman–Crippen MR) is 206 cm³/mol. The summed E-state index contributed by atoms with van der Waals surface area (Å²) < 4.78 is 4.87. The average molecular weight is 757 g/mol. The molecular weight excluding hydrogens is 712 g/mol. The van der Waals surface area contributed by atoms with E-state index >= 15 is 0 Å². The number of hydrogen-bond acceptors (Lipinski definition) is 11. The van der Waals surface area contributed by atoms with E-state index in [4.69, 9.17) is 22.1 Å². The van der Waals surface area contributed by atoms with Crippen LogP contribution in [-0.4, -0.2) is 89.1 Å². The van der Waals surface area contributed by atoms with Gasteiger partial charge >= 0.3 is 5.97 Å². The molecule has 54 heavy (non-hydrogen) atoms. The Morgan fingerprint density at radius 2 is 1.56 bits per heavy atom. The lowest BCUT2D eigenvalue weighted by molar-refractivity contribution is -0.146. The number of amides is 3. The zero-order chi connectivity index (χ0) is 38.6. The zero-order valence-corrected chi connectivity index (χ0v) is 31.0. The number of anilines is 2. The second kappa shape index (κ2) is 19.2. The number of carbonyl (C=O) groups excluding carboxylic acids is 4. The number of ether oxygens (including phenoxy) is 1. The number of likely N-dealkylation sites (tertiary alicyclic amines) is 1. The molecule has 1 aliphatic rings. The Kier molecular flexibility index (Phi) is 14.2. The fraction of sp³-hybridized carbons (Fsp3) is 0.333. The molecular formula is C39H45ClN8O6. The first-order chi connectivity index (χ1) is 26.1. The maximum atomic E-state index is 13.2. The van der Waals surface area contributed by atoms with Crippen LogP contribution >= 0.6 is 11.6 Å². The molecule has 0 unspecified atom stereocenters. The van der Waals surface area contributed by atoms with Crippen LogP contribution in [0, 0.1) is 6.92 Å². The van der Waals surface area contributed by atoms with Crippen LogP contribution in [-0.2, 0) is 27.4 Å². The van der Waals surface area contributed by atoms with Crippen molar-refractivity contribution >= 4 is 46.7 Å². The number of aliphatic hydroxyl groups is 1. The number of β-amino-alcohol motifs (C(OH)–C–C–N with tert-alkyl or cyclic N) is 1. The number of pyridine rings is 2. The number of methoxy groups -OCH3 is 1. The predicted octanol–water partition coefficient (Wildman–Crippen LogP) is 3.66. The first-order valence-corrected chi connectivity index (χ1v) is 18.0. The maximum absolute atomic E-state index is 13.2. The summed E-state index contributed by atoms with van der Waals surface area (Å²) in [4.78, 5) is 60.7. The van der Waals surface area contributed by atoms with Crippen LogP contribution < -0.4 is 27.0 Å². The molecule has 2 aromatic carbocycles. The lowest BCUT2D eigenvalue weighted by Crippen LogP contribution is -2.36. The van der Waals surface area contributed by atoms with Gasteiger partial charge in [-0.1, -0.05) is 48.0 Å². The van der Waals surface area contributed by atoms with Crippen molar-refractivity contribution in [2.24, 2.45) is 5.73 Å². The van der Waals surface area contributed by atoms with E-state index in [0.29, 0.717) is 80.5 Å². The second-order valence-electron chi connectivity index (χ2n) is 12.9. The largest absolute Gasteiger partial charge is 0.468 e. The number of benzene rings is 2. The van der Waals surface area contributed by atoms with Crippen LogP contribution in [0.1, 0.15) is 56.9 Å². The van der Waals surface area contributed by atoms with Crippen LogP contribution in [0.5, 0.6) is 0 Å². The molecule has 0 aliphatic carbocycles. The van der Waals surface area contributed by atoms with E-state index < -0.39 is 24.0 Å². The number of carbonyl (C=O) groups is 4. The number of nitrogens with two attached hydrogens (primary N) is 1. The number of esters is 1. The molecule has 284 valence electrons. The summed E-state index contributed by atoms with van der Waals surface area (Å²) in [6.45, 7) is 4.67. The third-order valence-electron chi connectivity index (χ3n) is 9.04. The van der Waals surface area contributed by atoms with E-state index in [1.165, 1.54) is 7.11 Å².